The molecule has 0 unspecified atom stereocenters. The first kappa shape index (κ1) is 7.64. The summed E-state index contributed by atoms with van der Waals surface area (Å²) in [6.07, 6.45) is 0.928. The summed E-state index contributed by atoms with van der Waals surface area (Å²) in [7, 11) is 0. The summed E-state index contributed by atoms with van der Waals surface area (Å²) >= 11 is 0. The molecule has 0 atom stereocenters. The number of hydrogen-bond donors (Lipinski definition) is 1. The smallest absolute Gasteiger partial charge is 0.271 e. The van der Waals surface area contributed by atoms with Crippen LogP contribution in [-0.2, 0) is 6.54 Å². The zero-order chi connectivity index (χ0) is 8.27. The van der Waals surface area contributed by atoms with Crippen molar-refractivity contribution in [2.24, 2.45) is 0 Å². The van der Waals surface area contributed by atoms with Gasteiger partial charge >= 0.3 is 5.69 Å². The molecule has 0 aromatic carbocycles. The van der Waals surface area contributed by atoms with E-state index in [1.54, 1.807) is 0 Å². The van der Waals surface area contributed by atoms with Crippen molar-refractivity contribution < 1.29 is 4.39 Å². The normalized spacial score (nSPS) is 9.91. The molecular weight excluding hydrogens is 153 g/mol. The van der Waals surface area contributed by atoms with Gasteiger partial charge in [-0.15, -0.1) is 0 Å². The maximum absolute atomic E-state index is 11.7. The van der Waals surface area contributed by atoms with Crippen molar-refractivity contribution in [3.63, 3.8) is 0 Å². The topological polar surface area (TPSA) is 67.8 Å². The van der Waals surface area contributed by atoms with Crippen LogP contribution >= 0.6 is 0 Å². The summed E-state index contributed by atoms with van der Waals surface area (Å²) < 4.78 is 12.5. The van der Waals surface area contributed by atoms with Crippen LogP contribution in [-0.4, -0.2) is 21.4 Å². The Morgan fingerprint density at radius 3 is 2.91 bits per heavy atom. The van der Waals surface area contributed by atoms with Gasteiger partial charge in [-0.3, -0.25) is 9.78 Å². The first-order valence-corrected chi connectivity index (χ1v) is 2.96. The highest BCUT2D eigenvalue weighted by Gasteiger charge is 1.95. The van der Waals surface area contributed by atoms with Crippen LogP contribution in [0.5, 0.6) is 0 Å². The first-order chi connectivity index (χ1) is 5.24. The summed E-state index contributed by atoms with van der Waals surface area (Å²) in [5.74, 6) is 0. The zero-order valence-corrected chi connectivity index (χ0v) is 5.58. The standard InChI is InChI=1S/C5H6FN3O2/c6-1-2-9-5(11)8-4(10)3-7-9/h3H,1-2H2,(H,8,10,11). The number of alkyl halides is 1. The van der Waals surface area contributed by atoms with Gasteiger partial charge in [-0.1, -0.05) is 0 Å². The minimum atomic E-state index is -0.685. The average Bonchev–Trinajstić information content (AvgIpc) is 1.95. The third-order valence-electron chi connectivity index (χ3n) is 1.08. The Balaban J connectivity index is 3.10. The third-order valence-corrected chi connectivity index (χ3v) is 1.08. The van der Waals surface area contributed by atoms with Crippen molar-refractivity contribution in [1.29, 1.82) is 0 Å². The zero-order valence-electron chi connectivity index (χ0n) is 5.58. The molecule has 1 aromatic rings. The predicted molar refractivity (Wildman–Crippen MR) is 35.1 cm³/mol. The van der Waals surface area contributed by atoms with Crippen molar-refractivity contribution in [3.8, 4) is 0 Å². The van der Waals surface area contributed by atoms with Crippen LogP contribution < -0.4 is 11.2 Å². The fourth-order valence-corrected chi connectivity index (χ4v) is 0.616. The molecule has 0 fully saturated rings. The number of halogens is 1. The van der Waals surface area contributed by atoms with Gasteiger partial charge in [0.2, 0.25) is 0 Å². The van der Waals surface area contributed by atoms with Crippen LogP contribution in [0.25, 0.3) is 0 Å². The van der Waals surface area contributed by atoms with Gasteiger partial charge in [-0.2, -0.15) is 5.10 Å². The minimum absolute atomic E-state index is 0.129. The Labute approximate surface area is 60.5 Å². The highest BCUT2D eigenvalue weighted by molar-refractivity contribution is 4.68. The second-order valence-corrected chi connectivity index (χ2v) is 1.85. The van der Waals surface area contributed by atoms with E-state index in [0.717, 1.165) is 10.9 Å². The summed E-state index contributed by atoms with van der Waals surface area (Å²) in [6.45, 7) is -0.811. The number of aromatic nitrogens is 3. The SMILES string of the molecule is O=c1cnn(CCF)c(=O)[nH]1. The summed E-state index contributed by atoms with van der Waals surface area (Å²) in [5.41, 5.74) is -1.26. The molecule has 0 saturated carbocycles. The average molecular weight is 159 g/mol. The molecule has 11 heavy (non-hydrogen) atoms. The Bertz CT molecular complexity index is 342. The molecular formula is C5H6FN3O2. The third kappa shape index (κ3) is 1.73. The van der Waals surface area contributed by atoms with Crippen LogP contribution in [0, 0.1) is 0 Å². The van der Waals surface area contributed by atoms with Crippen molar-refractivity contribution in [3.05, 3.63) is 27.0 Å². The molecule has 0 aliphatic carbocycles. The summed E-state index contributed by atoms with van der Waals surface area (Å²) in [4.78, 5) is 23.1. The molecule has 60 valence electrons. The van der Waals surface area contributed by atoms with E-state index in [9.17, 15) is 14.0 Å². The van der Waals surface area contributed by atoms with Crippen molar-refractivity contribution in [2.45, 2.75) is 6.54 Å². The molecule has 0 aliphatic heterocycles. The molecule has 0 saturated heterocycles. The van der Waals surface area contributed by atoms with Gasteiger partial charge in [-0.25, -0.2) is 13.9 Å². The summed E-state index contributed by atoms with van der Waals surface area (Å²) in [5, 5.41) is 3.39. The monoisotopic (exact) mass is 159 g/mol. The van der Waals surface area contributed by atoms with Gasteiger partial charge < -0.3 is 0 Å². The lowest BCUT2D eigenvalue weighted by molar-refractivity contribution is 0.411. The van der Waals surface area contributed by atoms with E-state index in [2.05, 4.69) is 5.10 Å². The number of H-pyrrole nitrogens is 1. The van der Waals surface area contributed by atoms with Crippen molar-refractivity contribution in [1.82, 2.24) is 14.8 Å². The number of aromatic amines is 1. The van der Waals surface area contributed by atoms with E-state index >= 15 is 0 Å². The van der Waals surface area contributed by atoms with Gasteiger partial charge in [0.15, 0.2) is 0 Å². The quantitative estimate of drug-likeness (QED) is 0.595. The highest BCUT2D eigenvalue weighted by atomic mass is 19.1. The highest BCUT2D eigenvalue weighted by Crippen LogP contribution is 1.71. The van der Waals surface area contributed by atoms with E-state index in [1.807, 2.05) is 4.98 Å². The van der Waals surface area contributed by atoms with Crippen LogP contribution in [0.1, 0.15) is 0 Å². The largest absolute Gasteiger partial charge is 0.344 e. The van der Waals surface area contributed by atoms with Crippen molar-refractivity contribution >= 4 is 0 Å². The molecule has 0 bridgehead atoms. The fourth-order valence-electron chi connectivity index (χ4n) is 0.616. The van der Waals surface area contributed by atoms with E-state index in [1.165, 1.54) is 0 Å². The molecule has 0 amide bonds. The van der Waals surface area contributed by atoms with E-state index in [0.29, 0.717) is 0 Å². The molecule has 6 heteroatoms. The first-order valence-electron chi connectivity index (χ1n) is 2.96. The van der Waals surface area contributed by atoms with E-state index in [4.69, 9.17) is 0 Å². The molecule has 1 aromatic heterocycles. The molecule has 0 radical (unpaired) electrons. The minimum Gasteiger partial charge on any atom is -0.271 e. The lowest BCUT2D eigenvalue weighted by Crippen LogP contribution is -2.31. The Hall–Kier alpha value is -1.46. The van der Waals surface area contributed by atoms with E-state index < -0.39 is 17.9 Å². The Kier molecular flexibility index (Phi) is 2.15. The number of rotatable bonds is 2. The van der Waals surface area contributed by atoms with Gasteiger partial charge in [0.05, 0.1) is 6.54 Å². The van der Waals surface area contributed by atoms with Gasteiger partial charge in [0.25, 0.3) is 5.56 Å². The van der Waals surface area contributed by atoms with Crippen LogP contribution in [0.3, 0.4) is 0 Å². The van der Waals surface area contributed by atoms with Gasteiger partial charge in [0, 0.05) is 0 Å². The molecule has 1 rings (SSSR count). The molecule has 0 spiro atoms. The van der Waals surface area contributed by atoms with Crippen molar-refractivity contribution in [2.75, 3.05) is 6.67 Å². The second-order valence-electron chi connectivity index (χ2n) is 1.85. The van der Waals surface area contributed by atoms with Crippen LogP contribution in [0.15, 0.2) is 15.8 Å². The number of nitrogens with zero attached hydrogens (tertiary/aromatic N) is 2. The number of hydrogen-bond acceptors (Lipinski definition) is 3. The molecule has 5 nitrogen and oxygen atoms in total. The Morgan fingerprint density at radius 1 is 1.64 bits per heavy atom. The van der Waals surface area contributed by atoms with E-state index in [-0.39, 0.29) is 6.54 Å². The van der Waals surface area contributed by atoms with Crippen LogP contribution in [0.2, 0.25) is 0 Å². The number of aryl methyl sites for hydroxylation is 1. The van der Waals surface area contributed by atoms with Gasteiger partial charge in [0.1, 0.15) is 12.9 Å². The molecule has 1 N–H and O–H groups in total. The second kappa shape index (κ2) is 3.09. The maximum atomic E-state index is 11.7. The fraction of sp³-hybridized carbons (Fsp3) is 0.400. The predicted octanol–water partition coefficient (Wildman–Crippen LogP) is -1.10. The molecule has 0 aliphatic rings. The van der Waals surface area contributed by atoms with Gasteiger partial charge in [-0.05, 0) is 0 Å². The molecule has 1 heterocycles. The lowest BCUT2D eigenvalue weighted by Gasteiger charge is -1.96. The maximum Gasteiger partial charge on any atom is 0.344 e. The van der Waals surface area contributed by atoms with Crippen LogP contribution in [0.4, 0.5) is 4.39 Å². The number of nitrogens with one attached hydrogen (secondary N) is 1. The summed E-state index contributed by atoms with van der Waals surface area (Å²) in [6, 6.07) is 0. The Morgan fingerprint density at radius 2 is 2.36 bits per heavy atom. The lowest BCUT2D eigenvalue weighted by atomic mass is 10.7.